The molecule has 2 aromatic carbocycles. The van der Waals surface area contributed by atoms with E-state index >= 15 is 0 Å². The third-order valence-electron chi connectivity index (χ3n) is 5.89. The van der Waals surface area contributed by atoms with Gasteiger partial charge < -0.3 is 9.67 Å². The zero-order valence-electron chi connectivity index (χ0n) is 14.5. The molecule has 0 amide bonds. The third kappa shape index (κ3) is 2.24. The molecule has 0 radical (unpaired) electrons. The van der Waals surface area contributed by atoms with Crippen molar-refractivity contribution < 1.29 is 9.32 Å². The zero-order valence-corrected chi connectivity index (χ0v) is 15.4. The van der Waals surface area contributed by atoms with Crippen LogP contribution < -0.4 is 0 Å². The Morgan fingerprint density at radius 3 is 2.88 bits per heavy atom. The molecule has 0 fully saturated rings. The SMILES string of the molecule is C[SH+](=O)c1ccc2c(c1)CCC(C1c3ccccc3-c3cncn31)C2O. The van der Waals surface area contributed by atoms with Crippen LogP contribution in [-0.4, -0.2) is 20.9 Å². The summed E-state index contributed by atoms with van der Waals surface area (Å²) >= 11 is 0. The number of rotatable bonds is 2. The molecular formula is C21H21N2O2S+. The Morgan fingerprint density at radius 2 is 2.04 bits per heavy atom. The number of aliphatic hydroxyl groups excluding tert-OH is 1. The van der Waals surface area contributed by atoms with E-state index in [1.165, 1.54) is 11.1 Å². The van der Waals surface area contributed by atoms with E-state index in [2.05, 4.69) is 33.8 Å². The molecule has 0 saturated heterocycles. The quantitative estimate of drug-likeness (QED) is 0.559. The van der Waals surface area contributed by atoms with Crippen molar-refractivity contribution in [2.24, 2.45) is 5.92 Å². The molecule has 1 aromatic heterocycles. The van der Waals surface area contributed by atoms with Crippen molar-refractivity contribution in [1.29, 1.82) is 0 Å². The van der Waals surface area contributed by atoms with E-state index in [9.17, 15) is 9.32 Å². The van der Waals surface area contributed by atoms with Gasteiger partial charge in [-0.3, -0.25) is 0 Å². The van der Waals surface area contributed by atoms with E-state index in [0.717, 1.165) is 34.6 Å². The monoisotopic (exact) mass is 365 g/mol. The fourth-order valence-electron chi connectivity index (χ4n) is 4.64. The fraction of sp³-hybridized carbons (Fsp3) is 0.286. The summed E-state index contributed by atoms with van der Waals surface area (Å²) in [4.78, 5) is 5.20. The highest BCUT2D eigenvalue weighted by atomic mass is 32.2. The van der Waals surface area contributed by atoms with Crippen molar-refractivity contribution in [2.45, 2.75) is 29.9 Å². The summed E-state index contributed by atoms with van der Waals surface area (Å²) in [6.45, 7) is 0. The number of thiol groups is 1. The van der Waals surface area contributed by atoms with E-state index in [0.29, 0.717) is 0 Å². The number of hydrogen-bond donors (Lipinski definition) is 1. The van der Waals surface area contributed by atoms with Crippen molar-refractivity contribution in [3.63, 3.8) is 0 Å². The Morgan fingerprint density at radius 1 is 1.19 bits per heavy atom. The minimum absolute atomic E-state index is 0.0975. The summed E-state index contributed by atoms with van der Waals surface area (Å²) in [6, 6.07) is 14.4. The van der Waals surface area contributed by atoms with Gasteiger partial charge in [-0.25, -0.2) is 4.98 Å². The van der Waals surface area contributed by atoms with Gasteiger partial charge in [-0.2, -0.15) is 0 Å². The van der Waals surface area contributed by atoms with E-state index in [4.69, 9.17) is 0 Å². The maximum absolute atomic E-state index is 11.8. The van der Waals surface area contributed by atoms with Crippen LogP contribution in [0.5, 0.6) is 0 Å². The molecular weight excluding hydrogens is 344 g/mol. The standard InChI is InChI=1S/C21H20N2O2S/c1-26(25)14-7-9-15-13(10-14)6-8-18(21(15)24)20-17-5-3-2-4-16(17)19-11-22-12-23(19)20/h2-5,7,9-12,18,20-21,24H,6,8H2,1H3/p+1. The predicted octanol–water partition coefficient (Wildman–Crippen LogP) is 3.43. The molecule has 5 heteroatoms. The van der Waals surface area contributed by atoms with Crippen LogP contribution in [0, 0.1) is 5.92 Å². The van der Waals surface area contributed by atoms with Crippen LogP contribution in [0.25, 0.3) is 11.3 Å². The molecule has 3 aromatic rings. The number of imidazole rings is 1. The first-order chi connectivity index (χ1) is 12.6. The molecule has 4 atom stereocenters. The summed E-state index contributed by atoms with van der Waals surface area (Å²) < 4.78 is 14.0. The first-order valence-corrected chi connectivity index (χ1v) is 10.7. The average molecular weight is 365 g/mol. The highest BCUT2D eigenvalue weighted by Gasteiger charge is 2.40. The number of hydrogen-bond acceptors (Lipinski definition) is 3. The van der Waals surface area contributed by atoms with E-state index in [-0.39, 0.29) is 12.0 Å². The second kappa shape index (κ2) is 5.89. The second-order valence-electron chi connectivity index (χ2n) is 7.25. The van der Waals surface area contributed by atoms with Crippen LogP contribution in [0.4, 0.5) is 0 Å². The number of aryl methyl sites for hydroxylation is 1. The number of nitrogens with zero attached hydrogens (tertiary/aromatic N) is 2. The van der Waals surface area contributed by atoms with Gasteiger partial charge in [0.25, 0.3) is 0 Å². The molecule has 0 bridgehead atoms. The van der Waals surface area contributed by atoms with Gasteiger partial charge in [-0.05, 0) is 41.7 Å². The normalized spacial score (nSPS) is 24.6. The number of fused-ring (bicyclic) bond motifs is 4. The van der Waals surface area contributed by atoms with E-state index < -0.39 is 16.9 Å². The van der Waals surface area contributed by atoms with Crippen molar-refractivity contribution in [1.82, 2.24) is 9.55 Å². The van der Waals surface area contributed by atoms with Crippen LogP contribution in [0.2, 0.25) is 0 Å². The smallest absolute Gasteiger partial charge is 0.155 e. The van der Waals surface area contributed by atoms with Gasteiger partial charge in [0.15, 0.2) is 4.90 Å². The maximum atomic E-state index is 11.8. The Labute approximate surface area is 155 Å². The van der Waals surface area contributed by atoms with Crippen LogP contribution in [0.15, 0.2) is 59.9 Å². The number of aliphatic hydroxyl groups is 1. The van der Waals surface area contributed by atoms with E-state index in [1.807, 2.05) is 30.7 Å². The van der Waals surface area contributed by atoms with Crippen LogP contribution in [0.1, 0.15) is 35.3 Å². The molecule has 1 aliphatic heterocycles. The average Bonchev–Trinajstić information content (AvgIpc) is 3.23. The van der Waals surface area contributed by atoms with Gasteiger partial charge in [0.1, 0.15) is 17.1 Å². The predicted molar refractivity (Wildman–Crippen MR) is 103 cm³/mol. The van der Waals surface area contributed by atoms with Gasteiger partial charge in [-0.15, -0.1) is 4.21 Å². The molecule has 1 aliphatic carbocycles. The number of benzene rings is 2. The minimum atomic E-state index is -1.35. The Kier molecular flexibility index (Phi) is 3.62. The highest BCUT2D eigenvalue weighted by molar-refractivity contribution is 7.84. The molecule has 0 saturated carbocycles. The second-order valence-corrected chi connectivity index (χ2v) is 8.76. The molecule has 5 rings (SSSR count). The number of aromatic nitrogens is 2. The van der Waals surface area contributed by atoms with Crippen molar-refractivity contribution in [2.75, 3.05) is 6.26 Å². The molecule has 2 heterocycles. The van der Waals surface area contributed by atoms with Gasteiger partial charge in [0, 0.05) is 11.5 Å². The van der Waals surface area contributed by atoms with Crippen molar-refractivity contribution >= 4 is 10.8 Å². The fourth-order valence-corrected chi connectivity index (χ4v) is 5.27. The third-order valence-corrected chi connectivity index (χ3v) is 6.89. The summed E-state index contributed by atoms with van der Waals surface area (Å²) in [7, 11) is -1.35. The minimum Gasteiger partial charge on any atom is -0.388 e. The Hall–Kier alpha value is -2.24. The lowest BCUT2D eigenvalue weighted by molar-refractivity contribution is 0.0719. The molecule has 2 aliphatic rings. The van der Waals surface area contributed by atoms with Gasteiger partial charge in [-0.1, -0.05) is 30.3 Å². The van der Waals surface area contributed by atoms with E-state index in [1.54, 1.807) is 6.26 Å². The summed E-state index contributed by atoms with van der Waals surface area (Å²) in [5.74, 6) is 0.0975. The largest absolute Gasteiger partial charge is 0.388 e. The van der Waals surface area contributed by atoms with Gasteiger partial charge in [0.05, 0.1) is 30.4 Å². The van der Waals surface area contributed by atoms with Crippen LogP contribution in [0.3, 0.4) is 0 Å². The van der Waals surface area contributed by atoms with Crippen LogP contribution in [-0.2, 0) is 21.4 Å². The lowest BCUT2D eigenvalue weighted by Gasteiger charge is -2.35. The Balaban J connectivity index is 1.57. The van der Waals surface area contributed by atoms with Crippen molar-refractivity contribution in [3.8, 4) is 11.3 Å². The molecule has 0 spiro atoms. The summed E-state index contributed by atoms with van der Waals surface area (Å²) in [6.07, 6.45) is 6.79. The topological polar surface area (TPSA) is 55.1 Å². The molecule has 4 nitrogen and oxygen atoms in total. The molecule has 1 N–H and O–H groups in total. The lowest BCUT2D eigenvalue weighted by Crippen LogP contribution is -2.28. The first-order valence-electron chi connectivity index (χ1n) is 8.98. The van der Waals surface area contributed by atoms with Crippen LogP contribution >= 0.6 is 0 Å². The Bertz CT molecular complexity index is 1030. The first kappa shape index (κ1) is 16.0. The van der Waals surface area contributed by atoms with Crippen molar-refractivity contribution in [3.05, 3.63) is 71.7 Å². The van der Waals surface area contributed by atoms with Gasteiger partial charge >= 0.3 is 0 Å². The van der Waals surface area contributed by atoms with Gasteiger partial charge in [0.2, 0.25) is 0 Å². The maximum Gasteiger partial charge on any atom is 0.155 e. The molecule has 26 heavy (non-hydrogen) atoms. The highest BCUT2D eigenvalue weighted by Crippen LogP contribution is 2.49. The summed E-state index contributed by atoms with van der Waals surface area (Å²) in [5, 5.41) is 11.2. The molecule has 4 unspecified atom stereocenters. The molecule has 132 valence electrons. The lowest BCUT2D eigenvalue weighted by atomic mass is 9.76. The zero-order chi connectivity index (χ0) is 17.8. The summed E-state index contributed by atoms with van der Waals surface area (Å²) in [5.41, 5.74) is 5.72.